The normalized spacial score (nSPS) is 10.8. The lowest BCUT2D eigenvalue weighted by atomic mass is 10.2. The van der Waals surface area contributed by atoms with E-state index in [1.165, 1.54) is 14.2 Å². The molecule has 2 aromatic carbocycles. The minimum atomic E-state index is -0.352. The molecule has 0 aromatic heterocycles. The summed E-state index contributed by atoms with van der Waals surface area (Å²) in [7, 11) is 3.06. The number of hydrazone groups is 1. The Kier molecular flexibility index (Phi) is 7.02. The number of amides is 1. The van der Waals surface area contributed by atoms with E-state index < -0.39 is 0 Å². The van der Waals surface area contributed by atoms with Crippen LogP contribution in [0.5, 0.6) is 17.2 Å². The molecule has 138 valence electrons. The molecule has 0 unspecified atom stereocenters. The van der Waals surface area contributed by atoms with Crippen molar-refractivity contribution in [2.75, 3.05) is 20.8 Å². The zero-order valence-electron chi connectivity index (χ0n) is 15.5. The summed E-state index contributed by atoms with van der Waals surface area (Å²) in [5, 5.41) is 3.99. The molecule has 0 radical (unpaired) electrons. The molecule has 0 aliphatic heterocycles. The molecule has 2 aromatic rings. The Bertz CT molecular complexity index is 733. The number of rotatable bonds is 8. The molecule has 0 saturated heterocycles. The zero-order valence-corrected chi connectivity index (χ0v) is 15.5. The summed E-state index contributed by atoms with van der Waals surface area (Å²) < 4.78 is 15.9. The number of benzene rings is 2. The summed E-state index contributed by atoms with van der Waals surface area (Å²) in [6, 6.07) is 12.4. The summed E-state index contributed by atoms with van der Waals surface area (Å²) >= 11 is 0. The number of carbonyl (C=O) groups is 1. The second-order valence-corrected chi connectivity index (χ2v) is 6.07. The Morgan fingerprint density at radius 2 is 1.65 bits per heavy atom. The molecule has 1 N–H and O–H groups in total. The van der Waals surface area contributed by atoms with Gasteiger partial charge in [0, 0.05) is 11.6 Å². The predicted molar refractivity (Wildman–Crippen MR) is 101 cm³/mol. The Hall–Kier alpha value is -3.02. The van der Waals surface area contributed by atoms with Crippen LogP contribution in [-0.2, 0) is 0 Å². The standard InChI is InChI=1S/C20H24N2O4/c1-14(2)13-26-17-7-5-15(6-8-17)12-21-22-20(23)16-9-18(24-3)11-19(10-16)25-4/h5-12,14H,13H2,1-4H3,(H,22,23)/b21-12+. The average molecular weight is 356 g/mol. The first kappa shape index (κ1) is 19.3. The van der Waals surface area contributed by atoms with Crippen molar-refractivity contribution in [2.24, 2.45) is 11.0 Å². The quantitative estimate of drug-likeness (QED) is 0.580. The van der Waals surface area contributed by atoms with Crippen LogP contribution in [0.25, 0.3) is 0 Å². The summed E-state index contributed by atoms with van der Waals surface area (Å²) in [6.45, 7) is 4.87. The van der Waals surface area contributed by atoms with Gasteiger partial charge in [0.25, 0.3) is 5.91 Å². The number of nitrogens with zero attached hydrogens (tertiary/aromatic N) is 1. The fraction of sp³-hybridized carbons (Fsp3) is 0.300. The second kappa shape index (κ2) is 9.46. The molecule has 0 atom stereocenters. The van der Waals surface area contributed by atoms with Gasteiger partial charge in [-0.05, 0) is 47.9 Å². The molecule has 0 heterocycles. The van der Waals surface area contributed by atoms with Gasteiger partial charge >= 0.3 is 0 Å². The third kappa shape index (κ3) is 5.81. The van der Waals surface area contributed by atoms with E-state index in [2.05, 4.69) is 24.4 Å². The van der Waals surface area contributed by atoms with Crippen molar-refractivity contribution in [3.8, 4) is 17.2 Å². The molecular formula is C20H24N2O4. The summed E-state index contributed by atoms with van der Waals surface area (Å²) in [5.41, 5.74) is 3.74. The third-order valence-corrected chi connectivity index (χ3v) is 3.46. The van der Waals surface area contributed by atoms with Crippen molar-refractivity contribution < 1.29 is 19.0 Å². The topological polar surface area (TPSA) is 69.2 Å². The molecule has 26 heavy (non-hydrogen) atoms. The third-order valence-electron chi connectivity index (χ3n) is 3.46. The van der Waals surface area contributed by atoms with Gasteiger partial charge in [-0.2, -0.15) is 5.10 Å². The van der Waals surface area contributed by atoms with Gasteiger partial charge in [-0.15, -0.1) is 0 Å². The molecule has 0 bridgehead atoms. The van der Waals surface area contributed by atoms with Crippen LogP contribution >= 0.6 is 0 Å². The monoisotopic (exact) mass is 356 g/mol. The number of hydrogen-bond donors (Lipinski definition) is 1. The first-order chi connectivity index (χ1) is 12.5. The lowest BCUT2D eigenvalue weighted by Crippen LogP contribution is -2.17. The maximum Gasteiger partial charge on any atom is 0.271 e. The lowest BCUT2D eigenvalue weighted by Gasteiger charge is -2.08. The van der Waals surface area contributed by atoms with E-state index in [0.29, 0.717) is 29.6 Å². The summed E-state index contributed by atoms with van der Waals surface area (Å²) in [5.74, 6) is 2.01. The Morgan fingerprint density at radius 1 is 1.04 bits per heavy atom. The largest absolute Gasteiger partial charge is 0.497 e. The van der Waals surface area contributed by atoms with Crippen LogP contribution in [0.3, 0.4) is 0 Å². The van der Waals surface area contributed by atoms with E-state index in [0.717, 1.165) is 11.3 Å². The number of hydrogen-bond acceptors (Lipinski definition) is 5. The van der Waals surface area contributed by atoms with Crippen molar-refractivity contribution in [3.63, 3.8) is 0 Å². The van der Waals surface area contributed by atoms with Crippen LogP contribution in [0.1, 0.15) is 29.8 Å². The first-order valence-electron chi connectivity index (χ1n) is 8.31. The molecule has 0 spiro atoms. The molecule has 0 fully saturated rings. The molecule has 1 amide bonds. The van der Waals surface area contributed by atoms with Gasteiger partial charge in [-0.25, -0.2) is 5.43 Å². The molecule has 6 heteroatoms. The van der Waals surface area contributed by atoms with Gasteiger partial charge in [-0.1, -0.05) is 13.8 Å². The molecule has 6 nitrogen and oxygen atoms in total. The van der Waals surface area contributed by atoms with E-state index in [1.54, 1.807) is 24.4 Å². The number of nitrogens with one attached hydrogen (secondary N) is 1. The van der Waals surface area contributed by atoms with E-state index >= 15 is 0 Å². The van der Waals surface area contributed by atoms with Crippen LogP contribution in [0.15, 0.2) is 47.6 Å². The highest BCUT2D eigenvalue weighted by atomic mass is 16.5. The van der Waals surface area contributed by atoms with Gasteiger partial charge in [0.2, 0.25) is 0 Å². The van der Waals surface area contributed by atoms with Gasteiger partial charge in [0.15, 0.2) is 0 Å². The second-order valence-electron chi connectivity index (χ2n) is 6.07. The van der Waals surface area contributed by atoms with E-state index in [4.69, 9.17) is 14.2 Å². The highest BCUT2D eigenvalue weighted by Crippen LogP contribution is 2.22. The van der Waals surface area contributed by atoms with Crippen molar-refractivity contribution in [1.82, 2.24) is 5.43 Å². The van der Waals surface area contributed by atoms with Gasteiger partial charge in [0.05, 0.1) is 27.0 Å². The number of ether oxygens (including phenoxy) is 3. The van der Waals surface area contributed by atoms with Crippen LogP contribution in [0.2, 0.25) is 0 Å². The maximum atomic E-state index is 12.2. The van der Waals surface area contributed by atoms with E-state index in [1.807, 2.05) is 24.3 Å². The van der Waals surface area contributed by atoms with Crippen LogP contribution < -0.4 is 19.6 Å². The van der Waals surface area contributed by atoms with Gasteiger partial charge in [0.1, 0.15) is 17.2 Å². The smallest absolute Gasteiger partial charge is 0.271 e. The van der Waals surface area contributed by atoms with Crippen LogP contribution in [0, 0.1) is 5.92 Å². The SMILES string of the molecule is COc1cc(OC)cc(C(=O)N/N=C/c2ccc(OCC(C)C)cc2)c1. The van der Waals surface area contributed by atoms with Gasteiger partial charge in [-0.3, -0.25) is 4.79 Å². The molecule has 0 saturated carbocycles. The van der Waals surface area contributed by atoms with Crippen molar-refractivity contribution in [3.05, 3.63) is 53.6 Å². The van der Waals surface area contributed by atoms with Crippen LogP contribution in [0.4, 0.5) is 0 Å². The molecule has 2 rings (SSSR count). The predicted octanol–water partition coefficient (Wildman–Crippen LogP) is 3.50. The molecular weight excluding hydrogens is 332 g/mol. The lowest BCUT2D eigenvalue weighted by molar-refractivity contribution is 0.0954. The molecule has 0 aliphatic carbocycles. The average Bonchev–Trinajstić information content (AvgIpc) is 2.66. The van der Waals surface area contributed by atoms with Gasteiger partial charge < -0.3 is 14.2 Å². The Labute approximate surface area is 153 Å². The minimum Gasteiger partial charge on any atom is -0.497 e. The number of methoxy groups -OCH3 is 2. The van der Waals surface area contributed by atoms with Crippen molar-refractivity contribution >= 4 is 12.1 Å². The summed E-state index contributed by atoms with van der Waals surface area (Å²) in [6.07, 6.45) is 1.57. The van der Waals surface area contributed by atoms with E-state index in [9.17, 15) is 4.79 Å². The zero-order chi connectivity index (χ0) is 18.9. The highest BCUT2D eigenvalue weighted by Gasteiger charge is 2.09. The first-order valence-corrected chi connectivity index (χ1v) is 8.31. The Balaban J connectivity index is 1.96. The summed E-state index contributed by atoms with van der Waals surface area (Å²) in [4.78, 5) is 12.2. The Morgan fingerprint density at radius 3 is 2.19 bits per heavy atom. The fourth-order valence-corrected chi connectivity index (χ4v) is 2.08. The van der Waals surface area contributed by atoms with Crippen molar-refractivity contribution in [1.29, 1.82) is 0 Å². The van der Waals surface area contributed by atoms with E-state index in [-0.39, 0.29) is 5.91 Å². The molecule has 0 aliphatic rings. The maximum absolute atomic E-state index is 12.2. The fourth-order valence-electron chi connectivity index (χ4n) is 2.08. The number of carbonyl (C=O) groups excluding carboxylic acids is 1. The highest BCUT2D eigenvalue weighted by molar-refractivity contribution is 5.95. The van der Waals surface area contributed by atoms with Crippen molar-refractivity contribution in [2.45, 2.75) is 13.8 Å². The minimum absolute atomic E-state index is 0.352. The van der Waals surface area contributed by atoms with Crippen LogP contribution in [-0.4, -0.2) is 32.9 Å².